The molecule has 0 bridgehead atoms. The van der Waals surface area contributed by atoms with Crippen molar-refractivity contribution >= 4 is 17.8 Å². The minimum absolute atomic E-state index is 0.0767. The summed E-state index contributed by atoms with van der Waals surface area (Å²) in [5, 5.41) is 4.81. The SMILES string of the molecule is COc1ccc2c(c1)C(=O)N(C[C@@]1(C#Cc3cncc(C)c3)NC(=O)NC1=O)C2. The Hall–Kier alpha value is -3.86. The number of imide groups is 1. The van der Waals surface area contributed by atoms with Crippen molar-refractivity contribution in [3.8, 4) is 17.6 Å². The Balaban J connectivity index is 1.65. The average molecular weight is 390 g/mol. The normalized spacial score (nSPS) is 19.9. The topological polar surface area (TPSA) is 101 Å². The second-order valence-corrected chi connectivity index (χ2v) is 7.00. The first-order valence-corrected chi connectivity index (χ1v) is 8.95. The van der Waals surface area contributed by atoms with Gasteiger partial charge in [-0.25, -0.2) is 4.79 Å². The van der Waals surface area contributed by atoms with Crippen LogP contribution in [0.3, 0.4) is 0 Å². The van der Waals surface area contributed by atoms with Gasteiger partial charge in [0.25, 0.3) is 11.8 Å². The fraction of sp³-hybridized carbons (Fsp3) is 0.238. The van der Waals surface area contributed by atoms with Crippen molar-refractivity contribution < 1.29 is 19.1 Å². The standard InChI is InChI=1S/C21H18N4O4/c1-13-7-14(10-22-9-13)5-6-21(19(27)23-20(28)24-21)12-25-11-15-3-4-16(29-2)8-17(15)18(25)26/h3-4,7-10H,11-12H2,1-2H3,(H2,23,24,27,28)/t21-/m1/s1. The Kier molecular flexibility index (Phi) is 4.43. The summed E-state index contributed by atoms with van der Waals surface area (Å²) in [6.45, 7) is 2.12. The minimum Gasteiger partial charge on any atom is -0.497 e. The van der Waals surface area contributed by atoms with Crippen LogP contribution in [-0.2, 0) is 11.3 Å². The van der Waals surface area contributed by atoms with Crippen LogP contribution in [0.1, 0.15) is 27.0 Å². The first-order chi connectivity index (χ1) is 13.9. The number of fused-ring (bicyclic) bond motifs is 1. The van der Waals surface area contributed by atoms with Gasteiger partial charge in [-0.15, -0.1) is 0 Å². The van der Waals surface area contributed by atoms with Gasteiger partial charge in [-0.3, -0.25) is 19.9 Å². The second kappa shape index (κ2) is 6.95. The summed E-state index contributed by atoms with van der Waals surface area (Å²) in [5.74, 6) is 5.51. The van der Waals surface area contributed by atoms with Crippen molar-refractivity contribution in [2.24, 2.45) is 0 Å². The summed E-state index contributed by atoms with van der Waals surface area (Å²) in [7, 11) is 1.53. The molecule has 0 aliphatic carbocycles. The summed E-state index contributed by atoms with van der Waals surface area (Å²) < 4.78 is 5.18. The quantitative estimate of drug-likeness (QED) is 0.601. The molecule has 1 aromatic heterocycles. The molecule has 1 aromatic carbocycles. The maximum absolute atomic E-state index is 12.9. The van der Waals surface area contributed by atoms with E-state index in [4.69, 9.17) is 4.74 Å². The van der Waals surface area contributed by atoms with Crippen LogP contribution in [0.2, 0.25) is 0 Å². The largest absolute Gasteiger partial charge is 0.497 e. The molecule has 2 aliphatic rings. The molecule has 3 heterocycles. The third-order valence-corrected chi connectivity index (χ3v) is 4.86. The van der Waals surface area contributed by atoms with Gasteiger partial charge in [-0.1, -0.05) is 17.9 Å². The van der Waals surface area contributed by atoms with Gasteiger partial charge >= 0.3 is 6.03 Å². The predicted molar refractivity (Wildman–Crippen MR) is 103 cm³/mol. The number of methoxy groups -OCH3 is 1. The van der Waals surface area contributed by atoms with E-state index in [1.165, 1.54) is 12.0 Å². The van der Waals surface area contributed by atoms with Crippen LogP contribution in [0.4, 0.5) is 4.79 Å². The number of hydrogen-bond donors (Lipinski definition) is 2. The average Bonchev–Trinajstić information content (AvgIpc) is 3.15. The highest BCUT2D eigenvalue weighted by Crippen LogP contribution is 2.28. The second-order valence-electron chi connectivity index (χ2n) is 7.00. The first kappa shape index (κ1) is 18.5. The van der Waals surface area contributed by atoms with Crippen LogP contribution < -0.4 is 15.4 Å². The molecular formula is C21H18N4O4. The van der Waals surface area contributed by atoms with Crippen LogP contribution in [0.15, 0.2) is 36.7 Å². The molecule has 29 heavy (non-hydrogen) atoms. The lowest BCUT2D eigenvalue weighted by molar-refractivity contribution is -0.122. The van der Waals surface area contributed by atoms with Crippen molar-refractivity contribution in [3.05, 3.63) is 58.9 Å². The Morgan fingerprint density at radius 3 is 2.76 bits per heavy atom. The number of aromatic nitrogens is 1. The number of nitrogens with zero attached hydrogens (tertiary/aromatic N) is 2. The molecule has 4 amide bonds. The van der Waals surface area contributed by atoms with E-state index in [0.29, 0.717) is 23.4 Å². The van der Waals surface area contributed by atoms with E-state index in [1.54, 1.807) is 24.5 Å². The zero-order chi connectivity index (χ0) is 20.6. The molecule has 2 aromatic rings. The Morgan fingerprint density at radius 1 is 1.24 bits per heavy atom. The van der Waals surface area contributed by atoms with Gasteiger partial charge in [0.15, 0.2) is 0 Å². The van der Waals surface area contributed by atoms with Gasteiger partial charge < -0.3 is 15.0 Å². The monoisotopic (exact) mass is 390 g/mol. The number of aryl methyl sites for hydroxylation is 1. The van der Waals surface area contributed by atoms with E-state index >= 15 is 0 Å². The fourth-order valence-electron chi connectivity index (χ4n) is 3.41. The van der Waals surface area contributed by atoms with Gasteiger partial charge in [0.2, 0.25) is 5.54 Å². The summed E-state index contributed by atoms with van der Waals surface area (Å²) in [6, 6.07) is 6.45. The predicted octanol–water partition coefficient (Wildman–Crippen LogP) is 0.984. The number of ether oxygens (including phenoxy) is 1. The number of nitrogens with one attached hydrogen (secondary N) is 2. The molecule has 0 saturated carbocycles. The molecule has 4 rings (SSSR count). The highest BCUT2D eigenvalue weighted by Gasteiger charge is 2.48. The van der Waals surface area contributed by atoms with Gasteiger partial charge in [-0.05, 0) is 36.2 Å². The molecule has 0 unspecified atom stereocenters. The number of pyridine rings is 1. The number of hydrogen-bond acceptors (Lipinski definition) is 5. The lowest BCUT2D eigenvalue weighted by Crippen LogP contribution is -2.54. The summed E-state index contributed by atoms with van der Waals surface area (Å²) >= 11 is 0. The number of carbonyl (C=O) groups is 3. The molecule has 2 aliphatic heterocycles. The maximum atomic E-state index is 12.9. The maximum Gasteiger partial charge on any atom is 0.323 e. The van der Waals surface area contributed by atoms with E-state index in [-0.39, 0.29) is 12.5 Å². The van der Waals surface area contributed by atoms with Crippen LogP contribution in [-0.4, -0.2) is 46.9 Å². The molecule has 2 N–H and O–H groups in total. The molecule has 1 saturated heterocycles. The smallest absolute Gasteiger partial charge is 0.323 e. The molecular weight excluding hydrogens is 372 g/mol. The number of benzene rings is 1. The van der Waals surface area contributed by atoms with Crippen molar-refractivity contribution in [1.29, 1.82) is 0 Å². The lowest BCUT2D eigenvalue weighted by atomic mass is 9.99. The van der Waals surface area contributed by atoms with Gasteiger partial charge in [-0.2, -0.15) is 0 Å². The van der Waals surface area contributed by atoms with Gasteiger partial charge in [0, 0.05) is 30.1 Å². The molecule has 8 heteroatoms. The minimum atomic E-state index is -1.54. The summed E-state index contributed by atoms with van der Waals surface area (Å²) in [6.07, 6.45) is 3.27. The number of rotatable bonds is 3. The number of amides is 4. The summed E-state index contributed by atoms with van der Waals surface area (Å²) in [4.78, 5) is 42.9. The third-order valence-electron chi connectivity index (χ3n) is 4.86. The number of carbonyl (C=O) groups excluding carboxylic acids is 3. The van der Waals surface area contributed by atoms with E-state index < -0.39 is 17.5 Å². The van der Waals surface area contributed by atoms with Crippen LogP contribution in [0.25, 0.3) is 0 Å². The highest BCUT2D eigenvalue weighted by atomic mass is 16.5. The van der Waals surface area contributed by atoms with Crippen LogP contribution in [0, 0.1) is 18.8 Å². The molecule has 0 radical (unpaired) electrons. The Labute approximate surface area is 167 Å². The van der Waals surface area contributed by atoms with Crippen molar-refractivity contribution in [3.63, 3.8) is 0 Å². The van der Waals surface area contributed by atoms with Crippen LogP contribution >= 0.6 is 0 Å². The van der Waals surface area contributed by atoms with Gasteiger partial charge in [0.1, 0.15) is 5.75 Å². The zero-order valence-corrected chi connectivity index (χ0v) is 15.9. The third kappa shape index (κ3) is 3.38. The van der Waals surface area contributed by atoms with Crippen molar-refractivity contribution in [1.82, 2.24) is 20.5 Å². The Morgan fingerprint density at radius 2 is 2.07 bits per heavy atom. The molecule has 8 nitrogen and oxygen atoms in total. The highest BCUT2D eigenvalue weighted by molar-refractivity contribution is 6.10. The summed E-state index contributed by atoms with van der Waals surface area (Å²) in [5.41, 5.74) is 1.33. The van der Waals surface area contributed by atoms with Crippen molar-refractivity contribution in [2.75, 3.05) is 13.7 Å². The Bertz CT molecular complexity index is 1100. The zero-order valence-electron chi connectivity index (χ0n) is 15.9. The molecule has 1 atom stereocenters. The fourth-order valence-corrected chi connectivity index (χ4v) is 3.41. The van der Waals surface area contributed by atoms with E-state index in [9.17, 15) is 14.4 Å². The van der Waals surface area contributed by atoms with E-state index in [2.05, 4.69) is 27.5 Å². The van der Waals surface area contributed by atoms with E-state index in [1.807, 2.05) is 19.1 Å². The van der Waals surface area contributed by atoms with Gasteiger partial charge in [0.05, 0.1) is 13.7 Å². The van der Waals surface area contributed by atoms with Crippen LogP contribution in [0.5, 0.6) is 5.75 Å². The lowest BCUT2D eigenvalue weighted by Gasteiger charge is -2.26. The molecule has 0 spiro atoms. The molecule has 1 fully saturated rings. The first-order valence-electron chi connectivity index (χ1n) is 8.95. The van der Waals surface area contributed by atoms with Crippen molar-refractivity contribution in [2.45, 2.75) is 19.0 Å². The number of urea groups is 1. The van der Waals surface area contributed by atoms with E-state index in [0.717, 1.165) is 11.1 Å². The molecule has 146 valence electrons.